The third-order valence-electron chi connectivity index (χ3n) is 3.68. The van der Waals surface area contributed by atoms with E-state index < -0.39 is 0 Å². The van der Waals surface area contributed by atoms with E-state index in [0.29, 0.717) is 12.5 Å². The van der Waals surface area contributed by atoms with E-state index in [1.807, 2.05) is 0 Å². The van der Waals surface area contributed by atoms with E-state index in [1.54, 1.807) is 0 Å². The summed E-state index contributed by atoms with van der Waals surface area (Å²) in [4.78, 5) is 26.2. The molecule has 96 valence electrons. The number of carbonyl (C=O) groups excluding carboxylic acids is 2. The monoisotopic (exact) mass is 240 g/mol. The zero-order chi connectivity index (χ0) is 12.4. The fraction of sp³-hybridized carbons (Fsp3) is 0.818. The van der Waals surface area contributed by atoms with Gasteiger partial charge >= 0.3 is 6.03 Å². The van der Waals surface area contributed by atoms with Crippen molar-refractivity contribution < 1.29 is 9.59 Å². The summed E-state index contributed by atoms with van der Waals surface area (Å²) in [6.07, 6.45) is 1.08. The molecule has 2 heterocycles. The lowest BCUT2D eigenvalue weighted by atomic mass is 9.94. The molecule has 0 radical (unpaired) electrons. The van der Waals surface area contributed by atoms with Crippen LogP contribution in [0.25, 0.3) is 0 Å². The number of piperidine rings is 1. The van der Waals surface area contributed by atoms with Gasteiger partial charge in [0.15, 0.2) is 0 Å². The smallest absolute Gasteiger partial charge is 0.324 e. The average molecular weight is 240 g/mol. The molecule has 2 rings (SSSR count). The Morgan fingerprint density at radius 2 is 2.18 bits per heavy atom. The number of likely N-dealkylation sites (tertiary alicyclic amines) is 1. The number of nitrogens with two attached hydrogens (primary N) is 1. The van der Waals surface area contributed by atoms with Crippen LogP contribution in [-0.2, 0) is 4.79 Å². The molecule has 2 saturated heterocycles. The highest BCUT2D eigenvalue weighted by Gasteiger charge is 2.29. The molecule has 2 unspecified atom stereocenters. The lowest BCUT2D eigenvalue weighted by Gasteiger charge is -2.35. The van der Waals surface area contributed by atoms with Crippen LogP contribution < -0.4 is 11.1 Å². The van der Waals surface area contributed by atoms with Crippen LogP contribution in [0.1, 0.15) is 13.3 Å². The van der Waals surface area contributed by atoms with Crippen molar-refractivity contribution in [2.45, 2.75) is 19.4 Å². The summed E-state index contributed by atoms with van der Waals surface area (Å²) in [5, 5.41) is 2.52. The Labute approximate surface area is 101 Å². The summed E-state index contributed by atoms with van der Waals surface area (Å²) in [5.41, 5.74) is 6.01. The van der Waals surface area contributed by atoms with Crippen LogP contribution in [0.15, 0.2) is 0 Å². The van der Waals surface area contributed by atoms with Crippen LogP contribution in [-0.4, -0.2) is 60.5 Å². The van der Waals surface area contributed by atoms with E-state index in [9.17, 15) is 9.59 Å². The molecule has 0 bridgehead atoms. The maximum absolute atomic E-state index is 11.4. The number of rotatable bonds is 3. The summed E-state index contributed by atoms with van der Waals surface area (Å²) in [6.45, 7) is 5.34. The molecule has 6 heteroatoms. The van der Waals surface area contributed by atoms with E-state index in [-0.39, 0.29) is 24.5 Å². The van der Waals surface area contributed by atoms with Gasteiger partial charge in [-0.1, -0.05) is 6.92 Å². The highest BCUT2D eigenvalue weighted by molar-refractivity contribution is 6.01. The molecule has 2 fully saturated rings. The van der Waals surface area contributed by atoms with Crippen molar-refractivity contribution in [2.24, 2.45) is 11.7 Å². The van der Waals surface area contributed by atoms with E-state index in [1.165, 1.54) is 4.90 Å². The second-order valence-electron chi connectivity index (χ2n) is 4.93. The van der Waals surface area contributed by atoms with Crippen molar-refractivity contribution in [3.8, 4) is 0 Å². The predicted octanol–water partition coefficient (Wildman–Crippen LogP) is -0.793. The number of nitrogens with zero attached hydrogens (tertiary/aromatic N) is 2. The molecule has 0 spiro atoms. The number of urea groups is 1. The fourth-order valence-corrected chi connectivity index (χ4v) is 2.30. The zero-order valence-corrected chi connectivity index (χ0v) is 10.2. The maximum atomic E-state index is 11.4. The fourth-order valence-electron chi connectivity index (χ4n) is 2.30. The van der Waals surface area contributed by atoms with Crippen molar-refractivity contribution in [3.05, 3.63) is 0 Å². The van der Waals surface area contributed by atoms with E-state index in [0.717, 1.165) is 26.1 Å². The number of nitrogens with one attached hydrogen (secondary N) is 1. The lowest BCUT2D eigenvalue weighted by Crippen LogP contribution is -2.49. The van der Waals surface area contributed by atoms with Crippen LogP contribution in [0.3, 0.4) is 0 Å². The average Bonchev–Trinajstić information content (AvgIpc) is 2.61. The quantitative estimate of drug-likeness (QED) is 0.634. The molecule has 2 atom stereocenters. The van der Waals surface area contributed by atoms with Crippen LogP contribution in [0.4, 0.5) is 4.79 Å². The molecule has 3 N–H and O–H groups in total. The molecular weight excluding hydrogens is 220 g/mol. The molecular formula is C11H20N4O2. The summed E-state index contributed by atoms with van der Waals surface area (Å²) in [5.74, 6) is 0.424. The highest BCUT2D eigenvalue weighted by atomic mass is 16.2. The summed E-state index contributed by atoms with van der Waals surface area (Å²) in [6, 6.07) is -0.0727. The number of imide groups is 1. The molecule has 0 aliphatic carbocycles. The zero-order valence-electron chi connectivity index (χ0n) is 10.2. The Bertz CT molecular complexity index is 305. The van der Waals surface area contributed by atoms with Gasteiger partial charge in [-0.15, -0.1) is 0 Å². The van der Waals surface area contributed by atoms with Gasteiger partial charge in [0.1, 0.15) is 0 Å². The van der Waals surface area contributed by atoms with Gasteiger partial charge in [0, 0.05) is 25.7 Å². The Morgan fingerprint density at radius 1 is 1.41 bits per heavy atom. The summed E-state index contributed by atoms with van der Waals surface area (Å²) < 4.78 is 0. The largest absolute Gasteiger partial charge is 0.329 e. The Kier molecular flexibility index (Phi) is 3.63. The molecule has 0 saturated carbocycles. The first-order valence-corrected chi connectivity index (χ1v) is 6.14. The SMILES string of the molecule is CC1CCN(CCN2C(=O)CNC2=O)CC1N. The standard InChI is InChI=1S/C11H20N4O2/c1-8-2-3-14(7-9(8)12)4-5-15-10(16)6-13-11(15)17/h8-9H,2-7,12H2,1H3,(H,13,17). The Balaban J connectivity index is 1.79. The first kappa shape index (κ1) is 12.3. The highest BCUT2D eigenvalue weighted by Crippen LogP contribution is 2.15. The van der Waals surface area contributed by atoms with Crippen molar-refractivity contribution in [3.63, 3.8) is 0 Å². The van der Waals surface area contributed by atoms with Crippen LogP contribution in [0.5, 0.6) is 0 Å². The van der Waals surface area contributed by atoms with Gasteiger partial charge < -0.3 is 16.0 Å². The van der Waals surface area contributed by atoms with Gasteiger partial charge in [-0.3, -0.25) is 9.69 Å². The van der Waals surface area contributed by atoms with Gasteiger partial charge in [-0.25, -0.2) is 4.79 Å². The predicted molar refractivity (Wildman–Crippen MR) is 63.3 cm³/mol. The molecule has 0 aromatic heterocycles. The van der Waals surface area contributed by atoms with E-state index in [2.05, 4.69) is 17.1 Å². The summed E-state index contributed by atoms with van der Waals surface area (Å²) in [7, 11) is 0. The molecule has 0 aromatic rings. The van der Waals surface area contributed by atoms with Crippen molar-refractivity contribution in [1.29, 1.82) is 0 Å². The van der Waals surface area contributed by atoms with Crippen molar-refractivity contribution in [1.82, 2.24) is 15.1 Å². The number of carbonyl (C=O) groups is 2. The molecule has 17 heavy (non-hydrogen) atoms. The number of hydrogen-bond donors (Lipinski definition) is 2. The van der Waals surface area contributed by atoms with E-state index >= 15 is 0 Å². The topological polar surface area (TPSA) is 78.7 Å². The molecule has 3 amide bonds. The third kappa shape index (κ3) is 2.76. The minimum absolute atomic E-state index is 0.134. The van der Waals surface area contributed by atoms with Gasteiger partial charge in [-0.05, 0) is 18.9 Å². The lowest BCUT2D eigenvalue weighted by molar-refractivity contribution is -0.125. The van der Waals surface area contributed by atoms with Gasteiger partial charge in [0.25, 0.3) is 0 Å². The normalized spacial score (nSPS) is 30.8. The first-order valence-electron chi connectivity index (χ1n) is 6.14. The van der Waals surface area contributed by atoms with Gasteiger partial charge in [-0.2, -0.15) is 0 Å². The molecule has 2 aliphatic heterocycles. The van der Waals surface area contributed by atoms with Crippen LogP contribution in [0, 0.1) is 5.92 Å². The molecule has 2 aliphatic rings. The van der Waals surface area contributed by atoms with Crippen molar-refractivity contribution in [2.75, 3.05) is 32.7 Å². The van der Waals surface area contributed by atoms with Gasteiger partial charge in [0.05, 0.1) is 6.54 Å². The Morgan fingerprint density at radius 3 is 2.76 bits per heavy atom. The van der Waals surface area contributed by atoms with Crippen molar-refractivity contribution >= 4 is 11.9 Å². The third-order valence-corrected chi connectivity index (χ3v) is 3.68. The first-order chi connectivity index (χ1) is 8.08. The van der Waals surface area contributed by atoms with Crippen LogP contribution in [0.2, 0.25) is 0 Å². The summed E-state index contributed by atoms with van der Waals surface area (Å²) >= 11 is 0. The molecule has 0 aromatic carbocycles. The van der Waals surface area contributed by atoms with E-state index in [4.69, 9.17) is 5.73 Å². The second kappa shape index (κ2) is 5.01. The van der Waals surface area contributed by atoms with Gasteiger partial charge in [0.2, 0.25) is 5.91 Å². The maximum Gasteiger partial charge on any atom is 0.324 e. The van der Waals surface area contributed by atoms with Crippen LogP contribution >= 0.6 is 0 Å². The second-order valence-corrected chi connectivity index (χ2v) is 4.93. The number of amides is 3. The minimum atomic E-state index is -0.273. The molecule has 6 nitrogen and oxygen atoms in total. The Hall–Kier alpha value is -1.14. The minimum Gasteiger partial charge on any atom is -0.329 e. The number of hydrogen-bond acceptors (Lipinski definition) is 4.